The highest BCUT2D eigenvalue weighted by atomic mass is 79.9. The van der Waals surface area contributed by atoms with Gasteiger partial charge in [-0.05, 0) is 46.3 Å². The van der Waals surface area contributed by atoms with Gasteiger partial charge in [0.2, 0.25) is 5.90 Å². The van der Waals surface area contributed by atoms with Crippen LogP contribution in [0.1, 0.15) is 11.1 Å². The summed E-state index contributed by atoms with van der Waals surface area (Å²) in [5, 5.41) is 0. The predicted molar refractivity (Wildman–Crippen MR) is 101 cm³/mol. The van der Waals surface area contributed by atoms with Crippen LogP contribution in [0.3, 0.4) is 0 Å². The van der Waals surface area contributed by atoms with Crippen LogP contribution >= 0.6 is 15.9 Å². The van der Waals surface area contributed by atoms with Crippen LogP contribution in [-0.2, 0) is 9.53 Å². The molecule has 6 nitrogen and oxygen atoms in total. The molecule has 0 N–H and O–H groups in total. The zero-order valence-corrected chi connectivity index (χ0v) is 16.0. The normalized spacial score (nSPS) is 14.8. The maximum Gasteiger partial charge on any atom is 0.363 e. The van der Waals surface area contributed by atoms with Gasteiger partial charge in [0.1, 0.15) is 5.75 Å². The van der Waals surface area contributed by atoms with Gasteiger partial charge in [-0.1, -0.05) is 12.1 Å². The van der Waals surface area contributed by atoms with E-state index in [4.69, 9.17) is 18.9 Å². The number of para-hydroxylation sites is 1. The number of methoxy groups -OCH3 is 3. The lowest BCUT2D eigenvalue weighted by molar-refractivity contribution is -0.129. The number of carbonyl (C=O) groups is 1. The number of halogens is 1. The number of hydrogen-bond donors (Lipinski definition) is 0. The molecule has 1 heterocycles. The number of hydrogen-bond acceptors (Lipinski definition) is 6. The van der Waals surface area contributed by atoms with Crippen molar-refractivity contribution in [2.24, 2.45) is 4.99 Å². The SMILES string of the molecule is COc1ccc(C2=N/C(=C\c3cccc(OC)c3OC)C(=O)O2)c(Br)c1. The van der Waals surface area contributed by atoms with E-state index >= 15 is 0 Å². The first-order valence-electron chi connectivity index (χ1n) is 7.65. The average Bonchev–Trinajstić information content (AvgIpc) is 3.01. The van der Waals surface area contributed by atoms with Gasteiger partial charge < -0.3 is 18.9 Å². The quantitative estimate of drug-likeness (QED) is 0.546. The van der Waals surface area contributed by atoms with Crippen LogP contribution in [0.5, 0.6) is 17.2 Å². The number of cyclic esters (lactones) is 1. The summed E-state index contributed by atoms with van der Waals surface area (Å²) in [5.74, 6) is 1.45. The molecule has 0 atom stereocenters. The third-order valence-corrected chi connectivity index (χ3v) is 4.41. The van der Waals surface area contributed by atoms with E-state index in [0.717, 1.165) is 0 Å². The molecule has 134 valence electrons. The van der Waals surface area contributed by atoms with Gasteiger partial charge in [0.05, 0.1) is 26.9 Å². The lowest BCUT2D eigenvalue weighted by Gasteiger charge is -2.09. The second kappa shape index (κ2) is 7.61. The monoisotopic (exact) mass is 417 g/mol. The molecule has 1 aliphatic heterocycles. The molecule has 7 heteroatoms. The summed E-state index contributed by atoms with van der Waals surface area (Å²) in [6.07, 6.45) is 1.61. The highest BCUT2D eigenvalue weighted by molar-refractivity contribution is 9.10. The molecule has 0 saturated heterocycles. The summed E-state index contributed by atoms with van der Waals surface area (Å²) in [7, 11) is 4.67. The third kappa shape index (κ3) is 3.43. The fourth-order valence-corrected chi connectivity index (χ4v) is 3.02. The second-order valence-corrected chi connectivity index (χ2v) is 6.12. The molecule has 2 aromatic carbocycles. The van der Waals surface area contributed by atoms with Crippen molar-refractivity contribution in [3.05, 3.63) is 57.7 Å². The highest BCUT2D eigenvalue weighted by Crippen LogP contribution is 2.33. The Bertz CT molecular complexity index is 920. The van der Waals surface area contributed by atoms with Crippen LogP contribution in [0.2, 0.25) is 0 Å². The standard InChI is InChI=1S/C19H16BrNO5/c1-23-12-7-8-13(14(20)10-12)18-21-15(19(22)26-18)9-11-5-4-6-16(24-2)17(11)25-3/h4-10H,1-3H3/b15-9-. The van der Waals surface area contributed by atoms with Gasteiger partial charge in [0, 0.05) is 10.0 Å². The molecule has 0 fully saturated rings. The highest BCUT2D eigenvalue weighted by Gasteiger charge is 2.26. The smallest absolute Gasteiger partial charge is 0.363 e. The number of aliphatic imine (C=N–C) groups is 1. The molecule has 2 aromatic rings. The fourth-order valence-electron chi connectivity index (χ4n) is 2.49. The van der Waals surface area contributed by atoms with E-state index in [0.29, 0.717) is 32.8 Å². The van der Waals surface area contributed by atoms with Crippen LogP contribution in [-0.4, -0.2) is 33.2 Å². The van der Waals surface area contributed by atoms with Crippen molar-refractivity contribution in [3.63, 3.8) is 0 Å². The minimum Gasteiger partial charge on any atom is -0.497 e. The summed E-state index contributed by atoms with van der Waals surface area (Å²) in [5.41, 5.74) is 1.49. The number of esters is 1. The Morgan fingerprint density at radius 1 is 1.08 bits per heavy atom. The summed E-state index contributed by atoms with van der Waals surface area (Å²) < 4.78 is 21.8. The summed E-state index contributed by atoms with van der Waals surface area (Å²) >= 11 is 3.44. The lowest BCUT2D eigenvalue weighted by Crippen LogP contribution is -2.06. The van der Waals surface area contributed by atoms with Crippen molar-refractivity contribution >= 4 is 33.9 Å². The Hall–Kier alpha value is -2.80. The van der Waals surface area contributed by atoms with Gasteiger partial charge in [0.25, 0.3) is 0 Å². The Morgan fingerprint density at radius 2 is 1.88 bits per heavy atom. The van der Waals surface area contributed by atoms with Crippen molar-refractivity contribution in [2.75, 3.05) is 21.3 Å². The minimum absolute atomic E-state index is 0.175. The maximum atomic E-state index is 12.2. The third-order valence-electron chi connectivity index (χ3n) is 3.75. The van der Waals surface area contributed by atoms with Gasteiger partial charge in [-0.2, -0.15) is 0 Å². The number of nitrogens with zero attached hydrogens (tertiary/aromatic N) is 1. The number of carbonyl (C=O) groups excluding carboxylic acids is 1. The second-order valence-electron chi connectivity index (χ2n) is 5.26. The Morgan fingerprint density at radius 3 is 2.54 bits per heavy atom. The number of rotatable bonds is 5. The molecule has 0 unspecified atom stereocenters. The fraction of sp³-hybridized carbons (Fsp3) is 0.158. The molecule has 0 spiro atoms. The van der Waals surface area contributed by atoms with Crippen molar-refractivity contribution in [1.29, 1.82) is 0 Å². The zero-order chi connectivity index (χ0) is 18.7. The largest absolute Gasteiger partial charge is 0.497 e. The predicted octanol–water partition coefficient (Wildman–Crippen LogP) is 3.82. The van der Waals surface area contributed by atoms with Crippen molar-refractivity contribution in [1.82, 2.24) is 0 Å². The van der Waals surface area contributed by atoms with E-state index in [1.165, 1.54) is 7.11 Å². The van der Waals surface area contributed by atoms with Crippen molar-refractivity contribution < 1.29 is 23.7 Å². The van der Waals surface area contributed by atoms with E-state index in [-0.39, 0.29) is 11.6 Å². The van der Waals surface area contributed by atoms with Crippen molar-refractivity contribution in [2.45, 2.75) is 0 Å². The first-order chi connectivity index (χ1) is 12.6. The molecule has 3 rings (SSSR count). The van der Waals surface area contributed by atoms with Gasteiger partial charge in [-0.3, -0.25) is 0 Å². The molecule has 26 heavy (non-hydrogen) atoms. The van der Waals surface area contributed by atoms with Crippen LogP contribution in [0.15, 0.2) is 51.6 Å². The van der Waals surface area contributed by atoms with Crippen molar-refractivity contribution in [3.8, 4) is 17.2 Å². The first kappa shape index (κ1) is 18.0. The molecule has 0 radical (unpaired) electrons. The summed E-state index contributed by atoms with van der Waals surface area (Å²) in [4.78, 5) is 16.6. The van der Waals surface area contributed by atoms with E-state index in [2.05, 4.69) is 20.9 Å². The van der Waals surface area contributed by atoms with Gasteiger partial charge in [-0.25, -0.2) is 9.79 Å². The molecule has 0 saturated carbocycles. The van der Waals surface area contributed by atoms with Crippen LogP contribution in [0.25, 0.3) is 6.08 Å². The lowest BCUT2D eigenvalue weighted by atomic mass is 10.1. The Kier molecular flexibility index (Phi) is 5.27. The molecular weight excluding hydrogens is 402 g/mol. The first-order valence-corrected chi connectivity index (χ1v) is 8.44. The van der Waals surface area contributed by atoms with Gasteiger partial charge in [0.15, 0.2) is 17.2 Å². The molecule has 1 aliphatic rings. The summed E-state index contributed by atoms with van der Waals surface area (Å²) in [6, 6.07) is 10.7. The average molecular weight is 418 g/mol. The van der Waals surface area contributed by atoms with E-state index in [9.17, 15) is 4.79 Å². The topological polar surface area (TPSA) is 66.3 Å². The van der Waals surface area contributed by atoms with Gasteiger partial charge >= 0.3 is 5.97 Å². The minimum atomic E-state index is -0.535. The van der Waals surface area contributed by atoms with E-state index < -0.39 is 5.97 Å². The Balaban J connectivity index is 2.00. The van der Waals surface area contributed by atoms with Crippen LogP contribution in [0.4, 0.5) is 0 Å². The van der Waals surface area contributed by atoms with Gasteiger partial charge in [-0.15, -0.1) is 0 Å². The van der Waals surface area contributed by atoms with Crippen LogP contribution < -0.4 is 14.2 Å². The van der Waals surface area contributed by atoms with Crippen LogP contribution in [0, 0.1) is 0 Å². The number of benzene rings is 2. The summed E-state index contributed by atoms with van der Waals surface area (Å²) in [6.45, 7) is 0. The van der Waals surface area contributed by atoms with E-state index in [1.54, 1.807) is 56.7 Å². The Labute approximate surface area is 159 Å². The maximum absolute atomic E-state index is 12.2. The molecular formula is C19H16BrNO5. The molecule has 0 amide bonds. The van der Waals surface area contributed by atoms with E-state index in [1.807, 2.05) is 0 Å². The molecule has 0 bridgehead atoms. The zero-order valence-electron chi connectivity index (χ0n) is 14.4. The molecule has 0 aromatic heterocycles. The number of ether oxygens (including phenoxy) is 4. The molecule has 0 aliphatic carbocycles.